The zero-order valence-corrected chi connectivity index (χ0v) is 19.4. The van der Waals surface area contributed by atoms with Gasteiger partial charge in [-0.2, -0.15) is 0 Å². The van der Waals surface area contributed by atoms with E-state index in [0.29, 0.717) is 17.9 Å². The number of rotatable bonds is 8. The van der Waals surface area contributed by atoms with Gasteiger partial charge in [-0.25, -0.2) is 4.39 Å². The molecule has 0 aliphatic heterocycles. The summed E-state index contributed by atoms with van der Waals surface area (Å²) in [6.07, 6.45) is 17.7. The summed E-state index contributed by atoms with van der Waals surface area (Å²) in [6.45, 7) is 5.37. The second-order valence-corrected chi connectivity index (χ2v) is 10.6. The Labute approximate surface area is 184 Å². The fraction of sp³-hybridized carbons (Fsp3) is 0.786. The molecule has 0 N–H and O–H groups in total. The van der Waals surface area contributed by atoms with Gasteiger partial charge in [0.25, 0.3) is 0 Å². The number of hydrogen-bond acceptors (Lipinski definition) is 1. The van der Waals surface area contributed by atoms with Crippen LogP contribution in [-0.4, -0.2) is 12.7 Å². The molecule has 0 radical (unpaired) electrons. The van der Waals surface area contributed by atoms with Crippen LogP contribution in [0.2, 0.25) is 0 Å². The van der Waals surface area contributed by atoms with Gasteiger partial charge >= 0.3 is 0 Å². The van der Waals surface area contributed by atoms with Crippen molar-refractivity contribution >= 4 is 0 Å². The maximum atomic E-state index is 15.1. The van der Waals surface area contributed by atoms with Crippen LogP contribution in [0.15, 0.2) is 12.1 Å². The molecule has 0 amide bonds. The van der Waals surface area contributed by atoms with E-state index < -0.39 is 0 Å². The minimum Gasteiger partial charge on any atom is -0.378 e. The largest absolute Gasteiger partial charge is 0.378 e. The summed E-state index contributed by atoms with van der Waals surface area (Å²) < 4.78 is 21.2. The average molecular weight is 415 g/mol. The molecule has 1 nitrogen and oxygen atoms in total. The van der Waals surface area contributed by atoms with Gasteiger partial charge < -0.3 is 4.74 Å². The van der Waals surface area contributed by atoms with Crippen molar-refractivity contribution in [3.63, 3.8) is 0 Å². The SMILES string of the molecule is CCCCCC1CCc2cc(C3CCC4CC(OCCC)CCC4C3)cc(F)c2C1. The first-order valence-electron chi connectivity index (χ1n) is 13.1. The van der Waals surface area contributed by atoms with Gasteiger partial charge in [-0.05, 0) is 111 Å². The van der Waals surface area contributed by atoms with E-state index in [1.807, 2.05) is 6.07 Å². The Bertz CT molecular complexity index is 683. The molecule has 0 saturated heterocycles. The molecule has 0 spiro atoms. The van der Waals surface area contributed by atoms with Crippen molar-refractivity contribution in [1.82, 2.24) is 0 Å². The number of ether oxygens (including phenoxy) is 1. The molecule has 168 valence electrons. The van der Waals surface area contributed by atoms with E-state index in [-0.39, 0.29) is 5.82 Å². The number of hydrogen-bond donors (Lipinski definition) is 0. The van der Waals surface area contributed by atoms with Crippen LogP contribution in [0, 0.1) is 23.6 Å². The Morgan fingerprint density at radius 1 is 0.933 bits per heavy atom. The smallest absolute Gasteiger partial charge is 0.126 e. The summed E-state index contributed by atoms with van der Waals surface area (Å²) in [4.78, 5) is 0. The van der Waals surface area contributed by atoms with E-state index in [9.17, 15) is 0 Å². The maximum Gasteiger partial charge on any atom is 0.126 e. The first-order valence-corrected chi connectivity index (χ1v) is 13.1. The number of unbranched alkanes of at least 4 members (excludes halogenated alkanes) is 2. The van der Waals surface area contributed by atoms with Gasteiger partial charge in [0.1, 0.15) is 5.82 Å². The lowest BCUT2D eigenvalue weighted by Gasteiger charge is -2.42. The van der Waals surface area contributed by atoms with Crippen molar-refractivity contribution in [3.8, 4) is 0 Å². The van der Waals surface area contributed by atoms with Gasteiger partial charge in [-0.15, -0.1) is 0 Å². The lowest BCUT2D eigenvalue weighted by atomic mass is 9.65. The van der Waals surface area contributed by atoms with E-state index in [1.165, 1.54) is 81.8 Å². The minimum absolute atomic E-state index is 0.0986. The predicted octanol–water partition coefficient (Wildman–Crippen LogP) is 7.99. The number of aryl methyl sites for hydroxylation is 1. The molecule has 2 saturated carbocycles. The zero-order valence-electron chi connectivity index (χ0n) is 19.4. The molecule has 0 aromatic heterocycles. The zero-order chi connectivity index (χ0) is 20.9. The molecule has 2 heteroatoms. The van der Waals surface area contributed by atoms with Gasteiger partial charge in [-0.3, -0.25) is 0 Å². The molecule has 5 unspecified atom stereocenters. The molecule has 4 rings (SSSR count). The molecule has 30 heavy (non-hydrogen) atoms. The Balaban J connectivity index is 1.36. The molecule has 3 aliphatic rings. The van der Waals surface area contributed by atoms with Crippen molar-refractivity contribution in [3.05, 3.63) is 34.6 Å². The lowest BCUT2D eigenvalue weighted by molar-refractivity contribution is -0.0147. The quantitative estimate of drug-likeness (QED) is 0.392. The minimum atomic E-state index is 0.0986. The first kappa shape index (κ1) is 22.3. The molecule has 0 heterocycles. The molecule has 1 aromatic rings. The second kappa shape index (κ2) is 10.6. The van der Waals surface area contributed by atoms with E-state index in [2.05, 4.69) is 19.9 Å². The third-order valence-electron chi connectivity index (χ3n) is 8.43. The van der Waals surface area contributed by atoms with Crippen molar-refractivity contribution in [1.29, 1.82) is 0 Å². The van der Waals surface area contributed by atoms with Crippen LogP contribution in [0.25, 0.3) is 0 Å². The third-order valence-corrected chi connectivity index (χ3v) is 8.43. The molecule has 2 fully saturated rings. The molecular weight excluding hydrogens is 371 g/mol. The van der Waals surface area contributed by atoms with E-state index in [0.717, 1.165) is 43.3 Å². The van der Waals surface area contributed by atoms with Crippen LogP contribution in [0.5, 0.6) is 0 Å². The highest BCUT2D eigenvalue weighted by Gasteiger charge is 2.36. The molecule has 5 atom stereocenters. The predicted molar refractivity (Wildman–Crippen MR) is 124 cm³/mol. The average Bonchev–Trinajstić information content (AvgIpc) is 2.77. The molecular formula is C28H43FO. The Hall–Kier alpha value is -0.890. The van der Waals surface area contributed by atoms with Crippen molar-refractivity contribution < 1.29 is 9.13 Å². The van der Waals surface area contributed by atoms with Crippen molar-refractivity contribution in [2.24, 2.45) is 17.8 Å². The van der Waals surface area contributed by atoms with E-state index in [4.69, 9.17) is 4.74 Å². The van der Waals surface area contributed by atoms with Gasteiger partial charge in [0.2, 0.25) is 0 Å². The van der Waals surface area contributed by atoms with Crippen LogP contribution in [-0.2, 0) is 17.6 Å². The fourth-order valence-corrected chi connectivity index (χ4v) is 6.67. The van der Waals surface area contributed by atoms with Gasteiger partial charge in [0, 0.05) is 6.61 Å². The topological polar surface area (TPSA) is 9.23 Å². The highest BCUT2D eigenvalue weighted by atomic mass is 19.1. The number of benzene rings is 1. The normalized spacial score (nSPS) is 31.2. The Kier molecular flexibility index (Phi) is 7.90. The summed E-state index contributed by atoms with van der Waals surface area (Å²) >= 11 is 0. The lowest BCUT2D eigenvalue weighted by Crippen LogP contribution is -2.34. The Morgan fingerprint density at radius 2 is 1.77 bits per heavy atom. The first-order chi connectivity index (χ1) is 14.7. The van der Waals surface area contributed by atoms with E-state index in [1.54, 1.807) is 0 Å². The number of halogens is 1. The summed E-state index contributed by atoms with van der Waals surface area (Å²) in [7, 11) is 0. The molecule has 0 bridgehead atoms. The summed E-state index contributed by atoms with van der Waals surface area (Å²) in [5.74, 6) is 3.03. The van der Waals surface area contributed by atoms with Gasteiger partial charge in [-0.1, -0.05) is 45.6 Å². The summed E-state index contributed by atoms with van der Waals surface area (Å²) in [6, 6.07) is 4.33. The van der Waals surface area contributed by atoms with Crippen LogP contribution >= 0.6 is 0 Å². The van der Waals surface area contributed by atoms with Crippen LogP contribution in [0.3, 0.4) is 0 Å². The second-order valence-electron chi connectivity index (χ2n) is 10.6. The van der Waals surface area contributed by atoms with Gasteiger partial charge in [0.05, 0.1) is 6.10 Å². The number of fused-ring (bicyclic) bond motifs is 2. The van der Waals surface area contributed by atoms with E-state index >= 15 is 4.39 Å². The van der Waals surface area contributed by atoms with Crippen molar-refractivity contribution in [2.45, 2.75) is 116 Å². The highest BCUT2D eigenvalue weighted by Crippen LogP contribution is 2.47. The monoisotopic (exact) mass is 414 g/mol. The van der Waals surface area contributed by atoms with Crippen molar-refractivity contribution in [2.75, 3.05) is 6.61 Å². The Morgan fingerprint density at radius 3 is 2.60 bits per heavy atom. The highest BCUT2D eigenvalue weighted by molar-refractivity contribution is 5.37. The van der Waals surface area contributed by atoms with Crippen LogP contribution < -0.4 is 0 Å². The molecule has 3 aliphatic carbocycles. The van der Waals surface area contributed by atoms with Crippen LogP contribution in [0.4, 0.5) is 4.39 Å². The van der Waals surface area contributed by atoms with Gasteiger partial charge in [0.15, 0.2) is 0 Å². The standard InChI is InChI=1S/C28H43FO/c1-3-5-6-7-20-8-9-24-17-25(19-28(29)27(24)15-20)22-10-11-23-18-26(30-14-4-2)13-12-21(23)16-22/h17,19-23,26H,3-16,18H2,1-2H3. The summed E-state index contributed by atoms with van der Waals surface area (Å²) in [5.41, 5.74) is 3.68. The third kappa shape index (κ3) is 5.29. The maximum absolute atomic E-state index is 15.1. The fourth-order valence-electron chi connectivity index (χ4n) is 6.67. The summed E-state index contributed by atoms with van der Waals surface area (Å²) in [5, 5.41) is 0. The van der Waals surface area contributed by atoms with Crippen LogP contribution in [0.1, 0.15) is 114 Å². The molecule has 1 aromatic carbocycles.